The average molecular weight is 437 g/mol. The van der Waals surface area contributed by atoms with Crippen molar-refractivity contribution in [3.63, 3.8) is 0 Å². The van der Waals surface area contributed by atoms with E-state index in [1.165, 1.54) is 13.8 Å². The molecule has 4 aliphatic rings. The van der Waals surface area contributed by atoms with Gasteiger partial charge < -0.3 is 5.11 Å². The number of alkyl halides is 2. The summed E-state index contributed by atoms with van der Waals surface area (Å²) in [6, 6.07) is 0. The number of halogens is 2. The van der Waals surface area contributed by atoms with E-state index in [4.69, 9.17) is 0 Å². The van der Waals surface area contributed by atoms with Crippen molar-refractivity contribution in [3.05, 3.63) is 12.2 Å². The number of carbonyl (C=O) groups is 1. The number of hydrogen-bond acceptors (Lipinski definition) is 2. The monoisotopic (exact) mass is 436 g/mol. The fraction of sp³-hybridized carbons (Fsp3) is 0.889. The summed E-state index contributed by atoms with van der Waals surface area (Å²) in [6.45, 7) is 9.28. The number of ketones is 1. The fourth-order valence-corrected chi connectivity index (χ4v) is 8.53. The van der Waals surface area contributed by atoms with Crippen molar-refractivity contribution in [1.29, 1.82) is 0 Å². The summed E-state index contributed by atoms with van der Waals surface area (Å²) in [6.07, 6.45) is 12.1. The molecule has 0 aliphatic heterocycles. The molecule has 1 N–H and O–H groups in total. The number of carbonyl (C=O) groups excluding carboxylic acids is 1. The van der Waals surface area contributed by atoms with Gasteiger partial charge in [-0.15, -0.1) is 0 Å². The average Bonchev–Trinajstić information content (AvgIpc) is 3.03. The third kappa shape index (κ3) is 3.63. The number of rotatable bonds is 5. The highest BCUT2D eigenvalue weighted by Gasteiger charge is 2.61. The lowest BCUT2D eigenvalue weighted by atomic mass is 9.45. The van der Waals surface area contributed by atoms with Gasteiger partial charge in [-0.2, -0.15) is 0 Å². The summed E-state index contributed by atoms with van der Waals surface area (Å²) in [7, 11) is 0. The van der Waals surface area contributed by atoms with Crippen LogP contribution in [0.2, 0.25) is 0 Å². The maximum Gasteiger partial charge on any atom is 0.275 e. The normalized spacial score (nSPS) is 43.9. The molecular formula is C27H42F2O2. The first-order valence-corrected chi connectivity index (χ1v) is 12.6. The molecule has 8 atom stereocenters. The molecule has 0 radical (unpaired) electrons. The van der Waals surface area contributed by atoms with Gasteiger partial charge in [0.25, 0.3) is 5.92 Å². The van der Waals surface area contributed by atoms with E-state index in [2.05, 4.69) is 32.9 Å². The molecule has 4 aliphatic carbocycles. The van der Waals surface area contributed by atoms with Crippen LogP contribution in [0.1, 0.15) is 92.4 Å². The van der Waals surface area contributed by atoms with Crippen molar-refractivity contribution in [2.75, 3.05) is 0 Å². The molecular weight excluding hydrogens is 394 g/mol. The molecule has 3 fully saturated rings. The number of Topliss-reactive ketones (excluding diaryl/α,β-unsaturated/α-hetero) is 1. The lowest BCUT2D eigenvalue weighted by Gasteiger charge is -2.58. The lowest BCUT2D eigenvalue weighted by Crippen LogP contribution is -2.55. The maximum atomic E-state index is 14.4. The molecule has 31 heavy (non-hydrogen) atoms. The van der Waals surface area contributed by atoms with Gasteiger partial charge in [0, 0.05) is 18.8 Å². The lowest BCUT2D eigenvalue weighted by molar-refractivity contribution is -0.168. The Morgan fingerprint density at radius 1 is 1.16 bits per heavy atom. The molecule has 0 saturated heterocycles. The van der Waals surface area contributed by atoms with Crippen LogP contribution < -0.4 is 0 Å². The van der Waals surface area contributed by atoms with Crippen LogP contribution in [0.15, 0.2) is 12.2 Å². The van der Waals surface area contributed by atoms with Gasteiger partial charge in [-0.05, 0) is 99.2 Å². The van der Waals surface area contributed by atoms with E-state index in [1.807, 2.05) is 0 Å². The van der Waals surface area contributed by atoms with Gasteiger partial charge in [-0.1, -0.05) is 32.9 Å². The molecule has 2 nitrogen and oxygen atoms in total. The number of fused-ring (bicyclic) bond motifs is 5. The third-order valence-corrected chi connectivity index (χ3v) is 10.5. The highest BCUT2D eigenvalue weighted by atomic mass is 19.3. The minimum absolute atomic E-state index is 0.0120. The van der Waals surface area contributed by atoms with Crippen molar-refractivity contribution in [2.24, 2.45) is 46.3 Å². The molecule has 4 rings (SSSR count). The smallest absolute Gasteiger partial charge is 0.275 e. The Kier molecular flexibility index (Phi) is 5.76. The van der Waals surface area contributed by atoms with E-state index in [1.54, 1.807) is 0 Å². The Balaban J connectivity index is 1.51. The number of allylic oxidation sites excluding steroid dienone is 2. The summed E-state index contributed by atoms with van der Waals surface area (Å²) in [5, 5.41) is 9.85. The van der Waals surface area contributed by atoms with E-state index < -0.39 is 11.5 Å². The number of hydrogen-bond donors (Lipinski definition) is 1. The van der Waals surface area contributed by atoms with Gasteiger partial charge in [0.15, 0.2) is 0 Å². The summed E-state index contributed by atoms with van der Waals surface area (Å²) in [5.74, 6) is -0.198. The van der Waals surface area contributed by atoms with Crippen LogP contribution in [0.4, 0.5) is 8.78 Å². The highest BCUT2D eigenvalue weighted by Crippen LogP contribution is 2.67. The van der Waals surface area contributed by atoms with E-state index >= 15 is 0 Å². The van der Waals surface area contributed by atoms with Crippen LogP contribution in [0.3, 0.4) is 0 Å². The predicted molar refractivity (Wildman–Crippen MR) is 120 cm³/mol. The van der Waals surface area contributed by atoms with E-state index in [0.29, 0.717) is 35.9 Å². The highest BCUT2D eigenvalue weighted by molar-refractivity contribution is 5.83. The molecule has 0 aromatic carbocycles. The molecule has 1 unspecified atom stereocenters. The van der Waals surface area contributed by atoms with Crippen LogP contribution in [0, 0.1) is 46.3 Å². The second-order valence-corrected chi connectivity index (χ2v) is 12.5. The van der Waals surface area contributed by atoms with E-state index in [0.717, 1.165) is 44.9 Å². The van der Waals surface area contributed by atoms with Gasteiger partial charge in [0.1, 0.15) is 11.4 Å². The molecule has 0 spiro atoms. The van der Waals surface area contributed by atoms with Crippen LogP contribution in [0.25, 0.3) is 0 Å². The SMILES string of the molecule is C[C@H](CCC(F)(F)C(C)(C)O)[C@H]1CC[C@H]2[C@@H]3CC(=O)C4CCC=C[C@]4(C)[C@H]3CC[C@]12C. The largest absolute Gasteiger partial charge is 0.384 e. The molecule has 3 saturated carbocycles. The quantitative estimate of drug-likeness (QED) is 0.481. The Labute approximate surface area is 187 Å². The molecule has 0 aromatic heterocycles. The first-order chi connectivity index (χ1) is 14.3. The molecule has 0 amide bonds. The fourth-order valence-electron chi connectivity index (χ4n) is 8.53. The summed E-state index contributed by atoms with van der Waals surface area (Å²) >= 11 is 0. The minimum Gasteiger partial charge on any atom is -0.384 e. The summed E-state index contributed by atoms with van der Waals surface area (Å²) in [4.78, 5) is 13.2. The van der Waals surface area contributed by atoms with Crippen molar-refractivity contribution in [1.82, 2.24) is 0 Å². The molecule has 4 heteroatoms. The first kappa shape index (κ1) is 23.4. The van der Waals surface area contributed by atoms with Gasteiger partial charge >= 0.3 is 0 Å². The Morgan fingerprint density at radius 2 is 1.87 bits per heavy atom. The Hall–Kier alpha value is -0.770. The molecule has 0 aromatic rings. The van der Waals surface area contributed by atoms with Gasteiger partial charge in [-0.25, -0.2) is 8.78 Å². The van der Waals surface area contributed by atoms with Gasteiger partial charge in [0.2, 0.25) is 0 Å². The van der Waals surface area contributed by atoms with E-state index in [9.17, 15) is 18.7 Å². The standard InChI is InChI=1S/C27H42F2O2/c1-17(11-15-27(28,29)24(2,3)31)19-9-10-20-18-16-23(30)22-8-6-7-13-25(22,4)21(18)12-14-26(19,20)5/h7,13,17-22,31H,6,8-12,14-16H2,1-5H3/t17-,18+,19-,20+,21+,22?,25-,26-/m1/s1. The Morgan fingerprint density at radius 3 is 2.55 bits per heavy atom. The van der Waals surface area contributed by atoms with Crippen LogP contribution in [-0.4, -0.2) is 22.4 Å². The summed E-state index contributed by atoms with van der Waals surface area (Å²) in [5.41, 5.74) is -1.82. The zero-order valence-electron chi connectivity index (χ0n) is 20.1. The minimum atomic E-state index is -3.06. The number of aliphatic hydroxyl groups is 1. The predicted octanol–water partition coefficient (Wildman–Crippen LogP) is 6.81. The zero-order chi connectivity index (χ0) is 22.8. The molecule has 0 heterocycles. The van der Waals surface area contributed by atoms with Gasteiger partial charge in [0.05, 0.1) is 0 Å². The topological polar surface area (TPSA) is 37.3 Å². The van der Waals surface area contributed by atoms with Crippen molar-refractivity contribution >= 4 is 5.78 Å². The van der Waals surface area contributed by atoms with Crippen molar-refractivity contribution in [3.8, 4) is 0 Å². The van der Waals surface area contributed by atoms with Crippen molar-refractivity contribution < 1.29 is 18.7 Å². The molecule has 0 bridgehead atoms. The van der Waals surface area contributed by atoms with E-state index in [-0.39, 0.29) is 29.1 Å². The van der Waals surface area contributed by atoms with Crippen LogP contribution in [0.5, 0.6) is 0 Å². The van der Waals surface area contributed by atoms with Gasteiger partial charge in [-0.3, -0.25) is 4.79 Å². The van der Waals surface area contributed by atoms with Crippen LogP contribution >= 0.6 is 0 Å². The Bertz CT molecular complexity index is 738. The van der Waals surface area contributed by atoms with Crippen LogP contribution in [-0.2, 0) is 4.79 Å². The summed E-state index contributed by atoms with van der Waals surface area (Å²) < 4.78 is 28.8. The maximum absolute atomic E-state index is 14.4. The third-order valence-electron chi connectivity index (χ3n) is 10.5. The molecule has 176 valence electrons. The first-order valence-electron chi connectivity index (χ1n) is 12.6. The second-order valence-electron chi connectivity index (χ2n) is 12.5. The second kappa shape index (κ2) is 7.64. The zero-order valence-corrected chi connectivity index (χ0v) is 20.1. The van der Waals surface area contributed by atoms with Crippen molar-refractivity contribution in [2.45, 2.75) is 104 Å².